The Bertz CT molecular complexity index is 368. The van der Waals surface area contributed by atoms with Gasteiger partial charge in [0.25, 0.3) is 0 Å². The molecule has 0 bridgehead atoms. The zero-order chi connectivity index (χ0) is 13.0. The van der Waals surface area contributed by atoms with Crippen LogP contribution < -0.4 is 4.90 Å². The van der Waals surface area contributed by atoms with Crippen LogP contribution in [0.5, 0.6) is 0 Å². The molecule has 0 spiro atoms. The zero-order valence-electron chi connectivity index (χ0n) is 11.2. The van der Waals surface area contributed by atoms with E-state index in [1.165, 1.54) is 0 Å². The fraction of sp³-hybridized carbons (Fsp3) is 0.692. The van der Waals surface area contributed by atoms with Crippen molar-refractivity contribution in [3.8, 4) is 0 Å². The van der Waals surface area contributed by atoms with Crippen LogP contribution >= 0.6 is 0 Å². The van der Waals surface area contributed by atoms with Crippen molar-refractivity contribution in [1.82, 2.24) is 14.9 Å². The third kappa shape index (κ3) is 2.97. The molecule has 0 saturated carbocycles. The summed E-state index contributed by atoms with van der Waals surface area (Å²) in [5.74, 6) is 0.786. The molecule has 1 N–H and O–H groups in total. The fourth-order valence-corrected chi connectivity index (χ4v) is 2.43. The summed E-state index contributed by atoms with van der Waals surface area (Å²) in [5, 5.41) is 9.02. The summed E-state index contributed by atoms with van der Waals surface area (Å²) in [5.41, 5.74) is 0.763. The maximum Gasteiger partial charge on any atom is 0.225 e. The maximum atomic E-state index is 9.02. The van der Waals surface area contributed by atoms with Gasteiger partial charge in [-0.25, -0.2) is 9.97 Å². The van der Waals surface area contributed by atoms with E-state index in [0.717, 1.165) is 44.0 Å². The molecular weight excluding hydrogens is 228 g/mol. The van der Waals surface area contributed by atoms with Crippen molar-refractivity contribution in [3.05, 3.63) is 18.0 Å². The number of hydrogen-bond acceptors (Lipinski definition) is 5. The predicted molar refractivity (Wildman–Crippen MR) is 71.5 cm³/mol. The lowest BCUT2D eigenvalue weighted by atomic mass is 10.2. The molecule has 18 heavy (non-hydrogen) atoms. The van der Waals surface area contributed by atoms with Gasteiger partial charge in [0.1, 0.15) is 0 Å². The maximum absolute atomic E-state index is 9.02. The van der Waals surface area contributed by atoms with Gasteiger partial charge in [0.15, 0.2) is 0 Å². The molecule has 1 aromatic heterocycles. The van der Waals surface area contributed by atoms with E-state index < -0.39 is 0 Å². The topological polar surface area (TPSA) is 52.5 Å². The summed E-state index contributed by atoms with van der Waals surface area (Å²) < 4.78 is 0. The summed E-state index contributed by atoms with van der Waals surface area (Å²) in [7, 11) is 2.17. The van der Waals surface area contributed by atoms with E-state index in [9.17, 15) is 0 Å². The van der Waals surface area contributed by atoms with E-state index in [4.69, 9.17) is 5.11 Å². The Morgan fingerprint density at radius 1 is 1.33 bits per heavy atom. The molecule has 1 saturated heterocycles. The quantitative estimate of drug-likeness (QED) is 0.863. The van der Waals surface area contributed by atoms with Gasteiger partial charge in [0.2, 0.25) is 5.95 Å². The largest absolute Gasteiger partial charge is 0.392 e. The highest BCUT2D eigenvalue weighted by atomic mass is 16.3. The first-order chi connectivity index (χ1) is 8.74. The van der Waals surface area contributed by atoms with Gasteiger partial charge in [-0.3, -0.25) is 0 Å². The number of aromatic nitrogens is 2. The minimum absolute atomic E-state index is 0.000222. The molecule has 0 amide bonds. The average molecular weight is 250 g/mol. The fourth-order valence-electron chi connectivity index (χ4n) is 2.43. The van der Waals surface area contributed by atoms with Crippen molar-refractivity contribution < 1.29 is 5.11 Å². The Morgan fingerprint density at radius 2 is 2.06 bits per heavy atom. The van der Waals surface area contributed by atoms with E-state index in [1.54, 1.807) is 12.4 Å². The van der Waals surface area contributed by atoms with Gasteiger partial charge in [-0.15, -0.1) is 0 Å². The summed E-state index contributed by atoms with van der Waals surface area (Å²) >= 11 is 0. The minimum Gasteiger partial charge on any atom is -0.392 e. The van der Waals surface area contributed by atoms with Gasteiger partial charge in [0, 0.05) is 37.1 Å². The molecule has 2 rings (SSSR count). The number of rotatable bonds is 3. The summed E-state index contributed by atoms with van der Waals surface area (Å²) in [6, 6.07) is 0.470. The number of aliphatic hydroxyl groups is 1. The lowest BCUT2D eigenvalue weighted by Gasteiger charge is -2.30. The second-order valence-corrected chi connectivity index (χ2v) is 4.92. The minimum atomic E-state index is 0.000222. The molecule has 5 nitrogen and oxygen atoms in total. The Hall–Kier alpha value is -1.20. The van der Waals surface area contributed by atoms with Crippen molar-refractivity contribution in [2.45, 2.75) is 32.4 Å². The number of nitrogens with zero attached hydrogens (tertiary/aromatic N) is 4. The van der Waals surface area contributed by atoms with Crippen molar-refractivity contribution in [1.29, 1.82) is 0 Å². The Labute approximate surface area is 108 Å². The Kier molecular flexibility index (Phi) is 4.49. The zero-order valence-corrected chi connectivity index (χ0v) is 11.2. The van der Waals surface area contributed by atoms with Crippen molar-refractivity contribution in [2.24, 2.45) is 0 Å². The Morgan fingerprint density at radius 3 is 2.67 bits per heavy atom. The summed E-state index contributed by atoms with van der Waals surface area (Å²) in [6.07, 6.45) is 5.65. The third-order valence-corrected chi connectivity index (χ3v) is 3.50. The number of aliphatic hydroxyl groups excluding tert-OH is 1. The van der Waals surface area contributed by atoms with Gasteiger partial charge in [-0.2, -0.15) is 0 Å². The number of likely N-dealkylation sites (N-methyl/N-ethyl adjacent to an activating group) is 1. The molecular formula is C13H22N4O. The number of hydrogen-bond donors (Lipinski definition) is 1. The summed E-state index contributed by atoms with van der Waals surface area (Å²) in [6.45, 7) is 5.39. The first-order valence-corrected chi connectivity index (χ1v) is 6.61. The van der Waals surface area contributed by atoms with Crippen LogP contribution in [0.4, 0.5) is 5.95 Å². The van der Waals surface area contributed by atoms with Crippen LogP contribution in [0.15, 0.2) is 12.4 Å². The second-order valence-electron chi connectivity index (χ2n) is 4.92. The molecule has 2 heterocycles. The van der Waals surface area contributed by atoms with Crippen LogP contribution in [-0.2, 0) is 6.61 Å². The van der Waals surface area contributed by atoms with Crippen LogP contribution in [0.25, 0.3) is 0 Å². The van der Waals surface area contributed by atoms with Crippen molar-refractivity contribution in [2.75, 3.05) is 31.6 Å². The molecule has 1 aromatic rings. The molecule has 1 aliphatic heterocycles. The van der Waals surface area contributed by atoms with E-state index in [1.807, 2.05) is 0 Å². The highest BCUT2D eigenvalue weighted by molar-refractivity contribution is 5.32. The molecule has 0 aliphatic carbocycles. The van der Waals surface area contributed by atoms with Crippen LogP contribution in [-0.4, -0.2) is 52.7 Å². The van der Waals surface area contributed by atoms with Crippen LogP contribution in [0, 0.1) is 0 Å². The normalized spacial score (nSPS) is 21.9. The molecule has 0 radical (unpaired) electrons. The van der Waals surface area contributed by atoms with E-state index >= 15 is 0 Å². The van der Waals surface area contributed by atoms with Crippen molar-refractivity contribution >= 4 is 5.95 Å². The van der Waals surface area contributed by atoms with E-state index in [-0.39, 0.29) is 6.61 Å². The molecule has 1 atom stereocenters. The summed E-state index contributed by atoms with van der Waals surface area (Å²) in [4.78, 5) is 13.4. The number of anilines is 1. The average Bonchev–Trinajstić information content (AvgIpc) is 2.60. The third-order valence-electron chi connectivity index (χ3n) is 3.50. The van der Waals surface area contributed by atoms with Gasteiger partial charge < -0.3 is 14.9 Å². The van der Waals surface area contributed by atoms with E-state index in [2.05, 4.69) is 33.7 Å². The van der Waals surface area contributed by atoms with Crippen molar-refractivity contribution in [3.63, 3.8) is 0 Å². The molecule has 0 aromatic carbocycles. The standard InChI is InChI=1S/C13H22N4O/c1-3-12-9-16(2)5-4-6-17(12)13-14-7-11(10-18)8-15-13/h7-8,12,18H,3-6,9-10H2,1-2H3. The van der Waals surface area contributed by atoms with Gasteiger partial charge in [-0.1, -0.05) is 6.92 Å². The monoisotopic (exact) mass is 250 g/mol. The lowest BCUT2D eigenvalue weighted by Crippen LogP contribution is -2.40. The molecule has 1 unspecified atom stereocenters. The van der Waals surface area contributed by atoms with Gasteiger partial charge in [0.05, 0.1) is 6.61 Å². The highest BCUT2D eigenvalue weighted by Gasteiger charge is 2.23. The van der Waals surface area contributed by atoms with Gasteiger partial charge >= 0.3 is 0 Å². The van der Waals surface area contributed by atoms with E-state index in [0.29, 0.717) is 6.04 Å². The van der Waals surface area contributed by atoms with Crippen LogP contribution in [0.2, 0.25) is 0 Å². The van der Waals surface area contributed by atoms with Gasteiger partial charge in [-0.05, 0) is 26.4 Å². The molecule has 5 heteroatoms. The molecule has 100 valence electrons. The van der Waals surface area contributed by atoms with Crippen LogP contribution in [0.3, 0.4) is 0 Å². The lowest BCUT2D eigenvalue weighted by molar-refractivity contribution is 0.281. The highest BCUT2D eigenvalue weighted by Crippen LogP contribution is 2.17. The molecule has 1 fully saturated rings. The Balaban J connectivity index is 2.17. The predicted octanol–water partition coefficient (Wildman–Crippen LogP) is 0.889. The first-order valence-electron chi connectivity index (χ1n) is 6.61. The first kappa shape index (κ1) is 13.2. The van der Waals surface area contributed by atoms with Crippen LogP contribution in [0.1, 0.15) is 25.3 Å². The molecule has 1 aliphatic rings. The smallest absolute Gasteiger partial charge is 0.225 e. The SMILES string of the molecule is CCC1CN(C)CCCN1c1ncc(CO)cn1. The second kappa shape index (κ2) is 6.11.